The first-order valence-electron chi connectivity index (χ1n) is 7.97. The van der Waals surface area contributed by atoms with Crippen molar-refractivity contribution in [2.45, 2.75) is 39.3 Å². The minimum absolute atomic E-state index is 0.000425. The Bertz CT molecular complexity index is 635. The number of nitrogens with one attached hydrogen (secondary N) is 2. The maximum atomic E-state index is 12.5. The van der Waals surface area contributed by atoms with E-state index in [9.17, 15) is 14.4 Å². The van der Waals surface area contributed by atoms with E-state index >= 15 is 0 Å². The van der Waals surface area contributed by atoms with Gasteiger partial charge in [-0.2, -0.15) is 0 Å². The van der Waals surface area contributed by atoms with Crippen LogP contribution in [0.2, 0.25) is 0 Å². The fraction of sp³-hybridized carbons (Fsp3) is 0.471. The Kier molecular flexibility index (Phi) is 6.25. The Morgan fingerprint density at radius 3 is 2.79 bits per heavy atom. The molecule has 1 aliphatic heterocycles. The van der Waals surface area contributed by atoms with Gasteiger partial charge in [-0.05, 0) is 24.6 Å². The molecule has 1 heterocycles. The molecule has 3 amide bonds. The molecule has 2 atom stereocenters. The van der Waals surface area contributed by atoms with Crippen LogP contribution in [0.25, 0.3) is 0 Å². The van der Waals surface area contributed by atoms with Crippen molar-refractivity contribution in [3.05, 3.63) is 29.8 Å². The maximum Gasteiger partial charge on any atom is 0.244 e. The summed E-state index contributed by atoms with van der Waals surface area (Å²) in [5.74, 6) is 0.910. The van der Waals surface area contributed by atoms with Crippen LogP contribution < -0.4 is 10.6 Å². The van der Waals surface area contributed by atoms with Gasteiger partial charge in [-0.3, -0.25) is 14.4 Å². The van der Waals surface area contributed by atoms with Gasteiger partial charge < -0.3 is 15.5 Å². The molecule has 6 nitrogen and oxygen atoms in total. The second-order valence-electron chi connectivity index (χ2n) is 5.77. The summed E-state index contributed by atoms with van der Waals surface area (Å²) in [7, 11) is 0. The molecule has 1 aliphatic rings. The molecule has 0 aromatic heterocycles. The molecule has 2 N–H and O–H groups in total. The summed E-state index contributed by atoms with van der Waals surface area (Å²) in [5, 5.41) is 5.70. The van der Waals surface area contributed by atoms with Crippen LogP contribution in [0.1, 0.15) is 38.8 Å². The average molecular weight is 349 g/mol. The van der Waals surface area contributed by atoms with E-state index in [1.807, 2.05) is 25.1 Å². The number of carbonyl (C=O) groups excluding carboxylic acids is 3. The summed E-state index contributed by atoms with van der Waals surface area (Å²) < 4.78 is 0. The fourth-order valence-corrected chi connectivity index (χ4v) is 3.77. The molecule has 0 unspecified atom stereocenters. The molecular weight excluding hydrogens is 326 g/mol. The van der Waals surface area contributed by atoms with Crippen molar-refractivity contribution in [1.29, 1.82) is 0 Å². The third kappa shape index (κ3) is 4.50. The highest BCUT2D eigenvalue weighted by Crippen LogP contribution is 2.23. The summed E-state index contributed by atoms with van der Waals surface area (Å²) >= 11 is 1.59. The summed E-state index contributed by atoms with van der Waals surface area (Å²) in [6.07, 6.45) is 0.401. The second kappa shape index (κ2) is 8.19. The molecule has 24 heavy (non-hydrogen) atoms. The van der Waals surface area contributed by atoms with Gasteiger partial charge in [0.25, 0.3) is 0 Å². The number of anilines is 1. The van der Waals surface area contributed by atoms with Crippen molar-refractivity contribution < 1.29 is 14.4 Å². The van der Waals surface area contributed by atoms with Crippen LogP contribution in [0, 0.1) is 0 Å². The van der Waals surface area contributed by atoms with E-state index < -0.39 is 6.04 Å². The van der Waals surface area contributed by atoms with Crippen LogP contribution in [-0.2, 0) is 14.4 Å². The van der Waals surface area contributed by atoms with Gasteiger partial charge in [0.05, 0.1) is 11.9 Å². The number of hydrogen-bond donors (Lipinski definition) is 2. The normalized spacial score (nSPS) is 18.1. The summed E-state index contributed by atoms with van der Waals surface area (Å²) in [4.78, 5) is 37.3. The molecule has 1 aromatic carbocycles. The molecule has 1 aromatic rings. The van der Waals surface area contributed by atoms with Crippen LogP contribution in [0.4, 0.5) is 5.69 Å². The lowest BCUT2D eigenvalue weighted by Gasteiger charge is -2.24. The minimum Gasteiger partial charge on any atom is -0.348 e. The molecule has 130 valence electrons. The first-order chi connectivity index (χ1) is 11.4. The third-order valence-corrected chi connectivity index (χ3v) is 4.89. The SMILES string of the molecule is CCC(=O)N1CSC[C@H]1C(=O)N[C@H](C)c1cccc(NC(C)=O)c1. The van der Waals surface area contributed by atoms with E-state index in [4.69, 9.17) is 0 Å². The number of carbonyl (C=O) groups is 3. The van der Waals surface area contributed by atoms with Crippen molar-refractivity contribution in [1.82, 2.24) is 10.2 Å². The first kappa shape index (κ1) is 18.3. The summed E-state index contributed by atoms with van der Waals surface area (Å²) in [6, 6.07) is 6.74. The van der Waals surface area contributed by atoms with Crippen molar-refractivity contribution in [2.75, 3.05) is 16.9 Å². The Balaban J connectivity index is 2.03. The lowest BCUT2D eigenvalue weighted by Crippen LogP contribution is -2.47. The van der Waals surface area contributed by atoms with Crippen LogP contribution >= 0.6 is 11.8 Å². The van der Waals surface area contributed by atoms with Crippen molar-refractivity contribution >= 4 is 35.2 Å². The molecule has 0 bridgehead atoms. The highest BCUT2D eigenvalue weighted by atomic mass is 32.2. The Morgan fingerprint density at radius 2 is 2.12 bits per heavy atom. The summed E-state index contributed by atoms with van der Waals surface area (Å²) in [6.45, 7) is 5.14. The number of thioether (sulfide) groups is 1. The minimum atomic E-state index is -0.413. The summed E-state index contributed by atoms with van der Waals surface area (Å²) in [5.41, 5.74) is 1.59. The molecule has 0 aliphatic carbocycles. The lowest BCUT2D eigenvalue weighted by molar-refractivity contribution is -0.138. The van der Waals surface area contributed by atoms with Crippen molar-refractivity contribution in [3.63, 3.8) is 0 Å². The van der Waals surface area contributed by atoms with Crippen LogP contribution in [0.15, 0.2) is 24.3 Å². The monoisotopic (exact) mass is 349 g/mol. The maximum absolute atomic E-state index is 12.5. The molecular formula is C17H23N3O3S. The van der Waals surface area contributed by atoms with E-state index in [-0.39, 0.29) is 23.8 Å². The van der Waals surface area contributed by atoms with Crippen molar-refractivity contribution in [3.8, 4) is 0 Å². The number of nitrogens with zero attached hydrogens (tertiary/aromatic N) is 1. The van der Waals surface area contributed by atoms with Crippen LogP contribution in [0.5, 0.6) is 0 Å². The molecule has 1 saturated heterocycles. The zero-order valence-electron chi connectivity index (χ0n) is 14.2. The quantitative estimate of drug-likeness (QED) is 0.854. The van der Waals surface area contributed by atoms with Crippen LogP contribution in [0.3, 0.4) is 0 Å². The van der Waals surface area contributed by atoms with Gasteiger partial charge in [-0.25, -0.2) is 0 Å². The van der Waals surface area contributed by atoms with Gasteiger partial charge in [0, 0.05) is 24.8 Å². The molecule has 7 heteroatoms. The van der Waals surface area contributed by atoms with Gasteiger partial charge in [0.1, 0.15) is 6.04 Å². The van der Waals surface area contributed by atoms with Crippen LogP contribution in [-0.4, -0.2) is 40.3 Å². The number of hydrogen-bond acceptors (Lipinski definition) is 4. The Morgan fingerprint density at radius 1 is 1.38 bits per heavy atom. The van der Waals surface area contributed by atoms with E-state index in [2.05, 4.69) is 10.6 Å². The zero-order valence-corrected chi connectivity index (χ0v) is 15.0. The van der Waals surface area contributed by atoms with Gasteiger partial charge in [0.2, 0.25) is 17.7 Å². The van der Waals surface area contributed by atoms with Crippen molar-refractivity contribution in [2.24, 2.45) is 0 Å². The zero-order chi connectivity index (χ0) is 17.7. The number of rotatable bonds is 5. The second-order valence-corrected chi connectivity index (χ2v) is 6.77. The van der Waals surface area contributed by atoms with Gasteiger partial charge in [0.15, 0.2) is 0 Å². The van der Waals surface area contributed by atoms with Gasteiger partial charge >= 0.3 is 0 Å². The lowest BCUT2D eigenvalue weighted by atomic mass is 10.1. The molecule has 0 saturated carbocycles. The highest BCUT2D eigenvalue weighted by molar-refractivity contribution is 7.99. The molecule has 2 rings (SSSR count). The highest BCUT2D eigenvalue weighted by Gasteiger charge is 2.34. The third-order valence-electron chi connectivity index (χ3n) is 3.87. The van der Waals surface area contributed by atoms with Gasteiger partial charge in [-0.1, -0.05) is 19.1 Å². The molecule has 0 radical (unpaired) electrons. The average Bonchev–Trinajstić information content (AvgIpc) is 3.03. The predicted molar refractivity (Wildman–Crippen MR) is 95.6 cm³/mol. The smallest absolute Gasteiger partial charge is 0.244 e. The van der Waals surface area contributed by atoms with Gasteiger partial charge in [-0.15, -0.1) is 11.8 Å². The van der Waals surface area contributed by atoms with E-state index in [1.54, 1.807) is 29.7 Å². The Labute approximate surface area is 146 Å². The fourth-order valence-electron chi connectivity index (χ4n) is 2.59. The first-order valence-corrected chi connectivity index (χ1v) is 9.13. The molecule has 1 fully saturated rings. The van der Waals surface area contributed by atoms with E-state index in [0.717, 1.165) is 5.56 Å². The van der Waals surface area contributed by atoms with E-state index in [1.165, 1.54) is 6.92 Å². The largest absolute Gasteiger partial charge is 0.348 e. The number of amides is 3. The van der Waals surface area contributed by atoms with E-state index in [0.29, 0.717) is 23.7 Å². The predicted octanol–water partition coefficient (Wildman–Crippen LogP) is 2.13. The Hall–Kier alpha value is -2.02. The topological polar surface area (TPSA) is 78.5 Å². The molecule has 0 spiro atoms. The standard InChI is InChI=1S/C17H23N3O3S/c1-4-16(22)20-10-24-9-15(20)17(23)18-11(2)13-6-5-7-14(8-13)19-12(3)21/h5-8,11,15H,4,9-10H2,1-3H3,(H,18,23)(H,19,21)/t11-,15+/m1/s1. The number of benzene rings is 1.